The summed E-state index contributed by atoms with van der Waals surface area (Å²) < 4.78 is 10.6. The van der Waals surface area contributed by atoms with Crippen LogP contribution in [0.25, 0.3) is 0 Å². The summed E-state index contributed by atoms with van der Waals surface area (Å²) in [4.78, 5) is 18.9. The Morgan fingerprint density at radius 2 is 2.12 bits per heavy atom. The largest absolute Gasteiger partial charge is 0.444 e. The Kier molecular flexibility index (Phi) is 5.96. The number of ether oxygens (including phenoxy) is 2. The van der Waals surface area contributed by atoms with Crippen LogP contribution in [0.15, 0.2) is 4.99 Å². The molecule has 2 fully saturated rings. The molecule has 0 spiro atoms. The summed E-state index contributed by atoms with van der Waals surface area (Å²) in [5, 5.41) is 6.30. The van der Waals surface area contributed by atoms with Crippen LogP contribution in [0.5, 0.6) is 0 Å². The zero-order valence-corrected chi connectivity index (χ0v) is 15.6. The van der Waals surface area contributed by atoms with E-state index in [1.54, 1.807) is 0 Å². The average Bonchev–Trinajstić information content (AvgIpc) is 2.87. The Bertz CT molecular complexity index is 469. The van der Waals surface area contributed by atoms with E-state index in [0.717, 1.165) is 51.8 Å². The normalized spacial score (nSPS) is 23.6. The van der Waals surface area contributed by atoms with Crippen LogP contribution in [0.3, 0.4) is 0 Å². The zero-order chi connectivity index (χ0) is 17.8. The van der Waals surface area contributed by atoms with Gasteiger partial charge in [0.2, 0.25) is 0 Å². The maximum absolute atomic E-state index is 11.9. The molecule has 7 heteroatoms. The third-order valence-electron chi connectivity index (χ3n) is 4.06. The van der Waals surface area contributed by atoms with E-state index < -0.39 is 5.60 Å². The van der Waals surface area contributed by atoms with Crippen molar-refractivity contribution >= 4 is 12.1 Å². The van der Waals surface area contributed by atoms with Crippen molar-refractivity contribution < 1.29 is 14.3 Å². The van der Waals surface area contributed by atoms with Crippen LogP contribution >= 0.6 is 0 Å². The number of carbonyl (C=O) groups excluding carboxylic acids is 1. The molecule has 138 valence electrons. The monoisotopic (exact) mass is 340 g/mol. The van der Waals surface area contributed by atoms with E-state index in [9.17, 15) is 4.79 Å². The highest BCUT2D eigenvalue weighted by molar-refractivity contribution is 5.80. The fourth-order valence-electron chi connectivity index (χ4n) is 2.78. The molecular formula is C17H32N4O3. The van der Waals surface area contributed by atoms with Gasteiger partial charge in [-0.25, -0.2) is 4.79 Å². The van der Waals surface area contributed by atoms with Crippen molar-refractivity contribution in [2.45, 2.75) is 52.7 Å². The quantitative estimate of drug-likeness (QED) is 0.600. The van der Waals surface area contributed by atoms with Crippen LogP contribution in [0.2, 0.25) is 0 Å². The lowest BCUT2D eigenvalue weighted by molar-refractivity contribution is -0.0945. The SMILES string of the molecule is CCNC(=NCC1(C)COC1)N1CCC(NC(=O)OC(C)(C)C)C1. The minimum Gasteiger partial charge on any atom is -0.444 e. The van der Waals surface area contributed by atoms with Gasteiger partial charge in [-0.3, -0.25) is 4.99 Å². The van der Waals surface area contributed by atoms with Crippen molar-refractivity contribution in [3.8, 4) is 0 Å². The molecule has 0 aromatic heterocycles. The summed E-state index contributed by atoms with van der Waals surface area (Å²) in [6, 6.07) is 0.0892. The molecule has 1 amide bonds. The van der Waals surface area contributed by atoms with E-state index in [4.69, 9.17) is 14.5 Å². The molecule has 1 unspecified atom stereocenters. The second-order valence-electron chi connectivity index (χ2n) is 8.05. The number of nitrogens with zero attached hydrogens (tertiary/aromatic N) is 2. The minimum atomic E-state index is -0.473. The van der Waals surface area contributed by atoms with Gasteiger partial charge >= 0.3 is 6.09 Å². The van der Waals surface area contributed by atoms with Crippen molar-refractivity contribution in [2.24, 2.45) is 10.4 Å². The van der Waals surface area contributed by atoms with Crippen LogP contribution < -0.4 is 10.6 Å². The Morgan fingerprint density at radius 1 is 1.42 bits per heavy atom. The molecule has 2 heterocycles. The first-order valence-electron chi connectivity index (χ1n) is 8.81. The Morgan fingerprint density at radius 3 is 2.67 bits per heavy atom. The molecule has 0 aromatic rings. The van der Waals surface area contributed by atoms with Gasteiger partial charge in [-0.1, -0.05) is 6.92 Å². The second-order valence-corrected chi connectivity index (χ2v) is 8.05. The third-order valence-corrected chi connectivity index (χ3v) is 4.06. The maximum atomic E-state index is 11.9. The van der Waals surface area contributed by atoms with E-state index >= 15 is 0 Å². The first kappa shape index (κ1) is 18.8. The summed E-state index contributed by atoms with van der Waals surface area (Å²) in [7, 11) is 0. The number of hydrogen-bond acceptors (Lipinski definition) is 4. The number of alkyl carbamates (subject to hydrolysis) is 1. The van der Waals surface area contributed by atoms with Gasteiger partial charge < -0.3 is 25.0 Å². The highest BCUT2D eigenvalue weighted by Gasteiger charge is 2.34. The number of nitrogens with one attached hydrogen (secondary N) is 2. The van der Waals surface area contributed by atoms with Crippen LogP contribution in [-0.4, -0.2) is 68.0 Å². The summed E-state index contributed by atoms with van der Waals surface area (Å²) in [5.74, 6) is 0.916. The van der Waals surface area contributed by atoms with E-state index in [2.05, 4.69) is 29.4 Å². The molecule has 0 radical (unpaired) electrons. The Labute approximate surface area is 145 Å². The fraction of sp³-hybridized carbons (Fsp3) is 0.882. The van der Waals surface area contributed by atoms with Gasteiger partial charge in [0.25, 0.3) is 0 Å². The maximum Gasteiger partial charge on any atom is 0.407 e. The van der Waals surface area contributed by atoms with Crippen molar-refractivity contribution in [1.29, 1.82) is 0 Å². The van der Waals surface area contributed by atoms with Crippen molar-refractivity contribution in [3.63, 3.8) is 0 Å². The molecule has 2 aliphatic rings. The van der Waals surface area contributed by atoms with Gasteiger partial charge in [0.1, 0.15) is 5.60 Å². The van der Waals surface area contributed by atoms with Crippen LogP contribution in [0.1, 0.15) is 41.0 Å². The lowest BCUT2D eigenvalue weighted by Crippen LogP contribution is -2.46. The van der Waals surface area contributed by atoms with Gasteiger partial charge in [0.05, 0.1) is 25.8 Å². The molecule has 0 bridgehead atoms. The van der Waals surface area contributed by atoms with Gasteiger partial charge in [0, 0.05) is 25.0 Å². The minimum absolute atomic E-state index is 0.0892. The van der Waals surface area contributed by atoms with Crippen LogP contribution in [-0.2, 0) is 9.47 Å². The number of carbonyl (C=O) groups is 1. The Hall–Kier alpha value is -1.50. The van der Waals surface area contributed by atoms with Gasteiger partial charge in [-0.05, 0) is 34.1 Å². The molecule has 2 N–H and O–H groups in total. The first-order valence-corrected chi connectivity index (χ1v) is 8.81. The fourth-order valence-corrected chi connectivity index (χ4v) is 2.78. The molecule has 2 rings (SSSR count). The van der Waals surface area contributed by atoms with E-state index in [-0.39, 0.29) is 17.6 Å². The molecule has 2 aliphatic heterocycles. The molecule has 0 aromatic carbocycles. The number of amides is 1. The summed E-state index contributed by atoms with van der Waals surface area (Å²) in [6.45, 7) is 14.6. The van der Waals surface area contributed by atoms with Gasteiger partial charge in [0.15, 0.2) is 5.96 Å². The zero-order valence-electron chi connectivity index (χ0n) is 15.6. The van der Waals surface area contributed by atoms with Gasteiger partial charge in [-0.2, -0.15) is 0 Å². The van der Waals surface area contributed by atoms with Gasteiger partial charge in [-0.15, -0.1) is 0 Å². The Balaban J connectivity index is 1.86. The lowest BCUT2D eigenvalue weighted by atomic mass is 9.89. The van der Waals surface area contributed by atoms with Crippen molar-refractivity contribution in [1.82, 2.24) is 15.5 Å². The number of aliphatic imine (C=N–C) groups is 1. The van der Waals surface area contributed by atoms with Crippen LogP contribution in [0, 0.1) is 5.41 Å². The van der Waals surface area contributed by atoms with E-state index in [0.29, 0.717) is 0 Å². The topological polar surface area (TPSA) is 75.2 Å². The van der Waals surface area contributed by atoms with Crippen molar-refractivity contribution in [2.75, 3.05) is 39.4 Å². The predicted octanol–water partition coefficient (Wildman–Crippen LogP) is 1.59. The number of likely N-dealkylation sites (tertiary alicyclic amines) is 1. The molecular weight excluding hydrogens is 308 g/mol. The smallest absolute Gasteiger partial charge is 0.407 e. The molecule has 1 atom stereocenters. The molecule has 7 nitrogen and oxygen atoms in total. The number of guanidine groups is 1. The molecule has 24 heavy (non-hydrogen) atoms. The summed E-state index contributed by atoms with van der Waals surface area (Å²) in [6.07, 6.45) is 0.541. The lowest BCUT2D eigenvalue weighted by Gasteiger charge is -2.37. The highest BCUT2D eigenvalue weighted by atomic mass is 16.6. The van der Waals surface area contributed by atoms with Crippen molar-refractivity contribution in [3.05, 3.63) is 0 Å². The number of hydrogen-bond donors (Lipinski definition) is 2. The summed E-state index contributed by atoms with van der Waals surface area (Å²) in [5.41, 5.74) is -0.312. The number of rotatable bonds is 4. The van der Waals surface area contributed by atoms with E-state index in [1.807, 2.05) is 20.8 Å². The predicted molar refractivity (Wildman–Crippen MR) is 94.3 cm³/mol. The third kappa shape index (κ3) is 5.54. The van der Waals surface area contributed by atoms with Crippen LogP contribution in [0.4, 0.5) is 4.79 Å². The second kappa shape index (κ2) is 7.59. The first-order chi connectivity index (χ1) is 11.2. The molecule has 2 saturated heterocycles. The molecule has 0 aliphatic carbocycles. The highest BCUT2D eigenvalue weighted by Crippen LogP contribution is 2.26. The van der Waals surface area contributed by atoms with E-state index in [1.165, 1.54) is 0 Å². The molecule has 0 saturated carbocycles. The summed E-state index contributed by atoms with van der Waals surface area (Å²) >= 11 is 0. The standard InChI is InChI=1S/C17H32N4O3/c1-6-18-14(19-10-17(5)11-23-12-17)21-8-7-13(9-21)20-15(22)24-16(2,3)4/h13H,6-12H2,1-5H3,(H,18,19)(H,20,22). The average molecular weight is 340 g/mol.